The van der Waals surface area contributed by atoms with Crippen molar-refractivity contribution in [3.63, 3.8) is 0 Å². The van der Waals surface area contributed by atoms with Crippen molar-refractivity contribution in [1.29, 1.82) is 0 Å². The molecule has 0 unspecified atom stereocenters. The lowest BCUT2D eigenvalue weighted by atomic mass is 10.2. The van der Waals surface area contributed by atoms with Crippen molar-refractivity contribution in [2.24, 2.45) is 0 Å². The number of nitrogens with one attached hydrogen (secondary N) is 1. The number of carbonyl (C=O) groups excluding carboxylic acids is 1. The normalized spacial score (nSPS) is 10.3. The van der Waals surface area contributed by atoms with E-state index in [2.05, 4.69) is 10.1 Å². The second kappa shape index (κ2) is 6.21. The Morgan fingerprint density at radius 2 is 2.47 bits per heavy atom. The van der Waals surface area contributed by atoms with E-state index in [1.54, 1.807) is 6.07 Å². The molecule has 0 saturated heterocycles. The molecule has 2 N–H and O–H groups in total. The summed E-state index contributed by atoms with van der Waals surface area (Å²) in [5, 5.41) is 11.7. The number of aliphatic hydroxyl groups is 1. The first-order valence-electron chi connectivity index (χ1n) is 4.76. The van der Waals surface area contributed by atoms with Crippen LogP contribution in [0, 0.1) is 0 Å². The predicted octanol–water partition coefficient (Wildman–Crippen LogP) is 0.538. The summed E-state index contributed by atoms with van der Waals surface area (Å²) in [6, 6.07) is 1.72. The molecule has 0 saturated carbocycles. The monoisotopic (exact) mass is 213 g/mol. The molecule has 5 nitrogen and oxygen atoms in total. The van der Waals surface area contributed by atoms with Gasteiger partial charge in [-0.05, 0) is 19.0 Å². The molecule has 15 heavy (non-hydrogen) atoms. The highest BCUT2D eigenvalue weighted by atomic mass is 16.5. The molecule has 1 rings (SSSR count). The van der Waals surface area contributed by atoms with Crippen molar-refractivity contribution in [1.82, 2.24) is 5.32 Å². The van der Waals surface area contributed by atoms with Gasteiger partial charge in [0.2, 0.25) is 5.76 Å². The molecule has 0 spiro atoms. The molecule has 1 aromatic heterocycles. The summed E-state index contributed by atoms with van der Waals surface area (Å²) in [5.41, 5.74) is 0.764. The van der Waals surface area contributed by atoms with Crippen LogP contribution in [-0.2, 0) is 11.3 Å². The Balaban J connectivity index is 2.46. The van der Waals surface area contributed by atoms with Crippen LogP contribution < -0.4 is 5.32 Å². The lowest BCUT2D eigenvalue weighted by Crippen LogP contribution is -2.17. The average molecular weight is 213 g/mol. The smallest absolute Gasteiger partial charge is 0.374 e. The molecule has 5 heteroatoms. The van der Waals surface area contributed by atoms with Crippen molar-refractivity contribution in [2.45, 2.75) is 13.0 Å². The molecule has 0 aromatic carbocycles. The van der Waals surface area contributed by atoms with Gasteiger partial charge in [-0.15, -0.1) is 0 Å². The highest BCUT2D eigenvalue weighted by molar-refractivity contribution is 5.87. The molecule has 0 aliphatic rings. The minimum Gasteiger partial charge on any atom is -0.463 e. The molecule has 0 bridgehead atoms. The van der Waals surface area contributed by atoms with Gasteiger partial charge in [0, 0.05) is 18.7 Å². The average Bonchev–Trinajstić information content (AvgIpc) is 2.71. The number of hydrogen-bond donors (Lipinski definition) is 2. The number of methoxy groups -OCH3 is 1. The van der Waals surface area contributed by atoms with Gasteiger partial charge in [0.25, 0.3) is 0 Å². The predicted molar refractivity (Wildman–Crippen MR) is 53.5 cm³/mol. The second-order valence-electron chi connectivity index (χ2n) is 3.02. The van der Waals surface area contributed by atoms with Crippen LogP contribution in [0.3, 0.4) is 0 Å². The number of rotatable bonds is 6. The molecule has 0 fully saturated rings. The number of esters is 1. The van der Waals surface area contributed by atoms with Crippen molar-refractivity contribution in [2.75, 3.05) is 20.3 Å². The van der Waals surface area contributed by atoms with E-state index < -0.39 is 5.97 Å². The van der Waals surface area contributed by atoms with Crippen LogP contribution in [0.15, 0.2) is 16.7 Å². The van der Waals surface area contributed by atoms with Gasteiger partial charge >= 0.3 is 5.97 Å². The fourth-order valence-electron chi connectivity index (χ4n) is 1.17. The van der Waals surface area contributed by atoms with Gasteiger partial charge in [-0.1, -0.05) is 0 Å². The standard InChI is InChI=1S/C10H15NO4/c1-14-10(13)9-8(3-6-15-9)7-11-4-2-5-12/h3,6,11-12H,2,4-5,7H2,1H3. The van der Waals surface area contributed by atoms with Crippen molar-refractivity contribution in [3.05, 3.63) is 23.7 Å². The van der Waals surface area contributed by atoms with E-state index >= 15 is 0 Å². The Morgan fingerprint density at radius 3 is 3.13 bits per heavy atom. The summed E-state index contributed by atoms with van der Waals surface area (Å²) >= 11 is 0. The Labute approximate surface area is 88.0 Å². The zero-order chi connectivity index (χ0) is 11.1. The van der Waals surface area contributed by atoms with Crippen molar-refractivity contribution >= 4 is 5.97 Å². The van der Waals surface area contributed by atoms with E-state index in [0.29, 0.717) is 19.5 Å². The van der Waals surface area contributed by atoms with Crippen molar-refractivity contribution < 1.29 is 19.1 Å². The highest BCUT2D eigenvalue weighted by Crippen LogP contribution is 2.11. The number of aliphatic hydroxyl groups excluding tert-OH is 1. The maximum absolute atomic E-state index is 11.2. The minimum absolute atomic E-state index is 0.155. The van der Waals surface area contributed by atoms with Gasteiger partial charge in [0.15, 0.2) is 0 Å². The van der Waals surface area contributed by atoms with Crippen LogP contribution in [0.4, 0.5) is 0 Å². The van der Waals surface area contributed by atoms with E-state index in [4.69, 9.17) is 9.52 Å². The number of furan rings is 1. The third-order valence-corrected chi connectivity index (χ3v) is 1.94. The molecule has 0 aliphatic heterocycles. The quantitative estimate of drug-likeness (QED) is 0.533. The fraction of sp³-hybridized carbons (Fsp3) is 0.500. The Morgan fingerprint density at radius 1 is 1.67 bits per heavy atom. The molecule has 1 heterocycles. The van der Waals surface area contributed by atoms with Gasteiger partial charge in [-0.3, -0.25) is 0 Å². The number of carbonyl (C=O) groups is 1. The number of hydrogen-bond acceptors (Lipinski definition) is 5. The summed E-state index contributed by atoms with van der Waals surface area (Å²) in [4.78, 5) is 11.2. The summed E-state index contributed by atoms with van der Waals surface area (Å²) in [5.74, 6) is -0.243. The zero-order valence-electron chi connectivity index (χ0n) is 8.66. The maximum atomic E-state index is 11.2. The summed E-state index contributed by atoms with van der Waals surface area (Å²) in [6.45, 7) is 1.38. The largest absolute Gasteiger partial charge is 0.463 e. The van der Waals surface area contributed by atoms with Crippen LogP contribution in [0.2, 0.25) is 0 Å². The summed E-state index contributed by atoms with van der Waals surface area (Å²) < 4.78 is 9.57. The fourth-order valence-corrected chi connectivity index (χ4v) is 1.17. The first-order chi connectivity index (χ1) is 7.29. The third-order valence-electron chi connectivity index (χ3n) is 1.94. The first kappa shape index (κ1) is 11.7. The van der Waals surface area contributed by atoms with E-state index in [-0.39, 0.29) is 12.4 Å². The Bertz CT molecular complexity index is 308. The van der Waals surface area contributed by atoms with Crippen LogP contribution in [0.5, 0.6) is 0 Å². The molecule has 0 aliphatic carbocycles. The third kappa shape index (κ3) is 3.38. The van der Waals surface area contributed by atoms with Gasteiger partial charge in [0.05, 0.1) is 13.4 Å². The number of ether oxygens (including phenoxy) is 1. The molecule has 0 atom stereocenters. The van der Waals surface area contributed by atoms with Crippen molar-refractivity contribution in [3.8, 4) is 0 Å². The topological polar surface area (TPSA) is 71.7 Å². The van der Waals surface area contributed by atoms with Gasteiger partial charge in [0.1, 0.15) is 0 Å². The first-order valence-corrected chi connectivity index (χ1v) is 4.76. The van der Waals surface area contributed by atoms with E-state index in [0.717, 1.165) is 5.56 Å². The van der Waals surface area contributed by atoms with E-state index in [9.17, 15) is 4.79 Å². The molecule has 0 amide bonds. The molecule has 1 aromatic rings. The van der Waals surface area contributed by atoms with E-state index in [1.165, 1.54) is 13.4 Å². The molecule has 84 valence electrons. The van der Waals surface area contributed by atoms with Crippen LogP contribution in [0.1, 0.15) is 22.5 Å². The van der Waals surface area contributed by atoms with Gasteiger partial charge in [-0.2, -0.15) is 0 Å². The molecular weight excluding hydrogens is 198 g/mol. The maximum Gasteiger partial charge on any atom is 0.374 e. The highest BCUT2D eigenvalue weighted by Gasteiger charge is 2.14. The summed E-state index contributed by atoms with van der Waals surface area (Å²) in [6.07, 6.45) is 2.14. The Kier molecular flexibility index (Phi) is 4.86. The van der Waals surface area contributed by atoms with Crippen LogP contribution in [-0.4, -0.2) is 31.3 Å². The summed E-state index contributed by atoms with van der Waals surface area (Å²) in [7, 11) is 1.31. The minimum atomic E-state index is -0.473. The van der Waals surface area contributed by atoms with Crippen LogP contribution >= 0.6 is 0 Å². The zero-order valence-corrected chi connectivity index (χ0v) is 8.66. The lowest BCUT2D eigenvalue weighted by molar-refractivity contribution is 0.0563. The van der Waals surface area contributed by atoms with Gasteiger partial charge in [-0.25, -0.2) is 4.79 Å². The lowest BCUT2D eigenvalue weighted by Gasteiger charge is -2.02. The SMILES string of the molecule is COC(=O)c1occc1CNCCCO. The Hall–Kier alpha value is -1.33. The molecular formula is C10H15NO4. The van der Waals surface area contributed by atoms with Gasteiger partial charge < -0.3 is 19.6 Å². The van der Waals surface area contributed by atoms with E-state index in [1.807, 2.05) is 0 Å². The van der Waals surface area contributed by atoms with Crippen LogP contribution in [0.25, 0.3) is 0 Å². The molecule has 0 radical (unpaired) electrons. The second-order valence-corrected chi connectivity index (χ2v) is 3.02.